The number of hydrogen-bond donors (Lipinski definition) is 2. The molecule has 0 aromatic heterocycles. The Morgan fingerprint density at radius 3 is 2.43 bits per heavy atom. The van der Waals surface area contributed by atoms with Crippen molar-refractivity contribution < 1.29 is 9.59 Å². The topological polar surface area (TPSA) is 61.4 Å². The summed E-state index contributed by atoms with van der Waals surface area (Å²) >= 11 is 0. The predicted octanol–water partition coefficient (Wildman–Crippen LogP) is -0.956. The van der Waals surface area contributed by atoms with Gasteiger partial charge in [0.1, 0.15) is 0 Å². The summed E-state index contributed by atoms with van der Waals surface area (Å²) in [5, 5.41) is 5.99. The molecule has 5 heteroatoms. The third kappa shape index (κ3) is 1.78. The minimum atomic E-state index is -0.111. The number of carbonyl (C=O) groups excluding carboxylic acids is 2. The van der Waals surface area contributed by atoms with Crippen LogP contribution in [0.2, 0.25) is 0 Å². The zero-order valence-electron chi connectivity index (χ0n) is 8.08. The smallest absolute Gasteiger partial charge is 0.244 e. The molecule has 0 aromatic carbocycles. The molecule has 2 aliphatic heterocycles. The Labute approximate surface area is 82.8 Å². The molecular weight excluding hydrogens is 182 g/mol. The van der Waals surface area contributed by atoms with E-state index in [2.05, 4.69) is 10.6 Å². The third-order valence-electron chi connectivity index (χ3n) is 2.69. The van der Waals surface area contributed by atoms with E-state index < -0.39 is 0 Å². The lowest BCUT2D eigenvalue weighted by molar-refractivity contribution is -0.150. The van der Waals surface area contributed by atoms with Crippen LogP contribution in [0.15, 0.2) is 0 Å². The number of piperazine rings is 1. The Bertz CT molecular complexity index is 232. The molecule has 5 nitrogen and oxygen atoms in total. The van der Waals surface area contributed by atoms with E-state index in [0.717, 1.165) is 25.8 Å². The quantitative estimate of drug-likeness (QED) is 0.532. The molecule has 2 fully saturated rings. The van der Waals surface area contributed by atoms with Gasteiger partial charge in [-0.2, -0.15) is 0 Å². The second-order valence-corrected chi connectivity index (χ2v) is 3.73. The molecule has 1 atom stereocenters. The van der Waals surface area contributed by atoms with Crippen LogP contribution in [0.4, 0.5) is 0 Å². The fraction of sp³-hybridized carbons (Fsp3) is 0.778. The van der Waals surface area contributed by atoms with Crippen molar-refractivity contribution >= 4 is 11.8 Å². The first kappa shape index (κ1) is 9.61. The van der Waals surface area contributed by atoms with Gasteiger partial charge in [0.15, 0.2) is 0 Å². The van der Waals surface area contributed by atoms with Crippen LogP contribution in [0.5, 0.6) is 0 Å². The standard InChI is InChI=1S/C9H15N3O2/c13-8-5-10-6-9(14)12(8)7-3-1-2-4-11-7/h7,10-11H,1-6H2. The van der Waals surface area contributed by atoms with Gasteiger partial charge < -0.3 is 0 Å². The molecule has 0 spiro atoms. The molecule has 0 aliphatic carbocycles. The highest BCUT2D eigenvalue weighted by Crippen LogP contribution is 2.13. The van der Waals surface area contributed by atoms with Crippen molar-refractivity contribution in [1.29, 1.82) is 0 Å². The van der Waals surface area contributed by atoms with Gasteiger partial charge in [-0.1, -0.05) is 0 Å². The second-order valence-electron chi connectivity index (χ2n) is 3.73. The SMILES string of the molecule is O=C1CNCC(=O)N1C1CCCCN1. The Kier molecular flexibility index (Phi) is 2.79. The van der Waals surface area contributed by atoms with Crippen LogP contribution in [0, 0.1) is 0 Å². The number of rotatable bonds is 1. The van der Waals surface area contributed by atoms with Crippen LogP contribution in [0.1, 0.15) is 19.3 Å². The first-order valence-corrected chi connectivity index (χ1v) is 5.08. The van der Waals surface area contributed by atoms with E-state index in [1.807, 2.05) is 0 Å². The van der Waals surface area contributed by atoms with Crippen molar-refractivity contribution in [3.8, 4) is 0 Å². The van der Waals surface area contributed by atoms with Crippen molar-refractivity contribution in [2.24, 2.45) is 0 Å². The van der Waals surface area contributed by atoms with Gasteiger partial charge in [0, 0.05) is 0 Å². The second kappa shape index (κ2) is 4.06. The lowest BCUT2D eigenvalue weighted by Crippen LogP contribution is -2.60. The molecule has 78 valence electrons. The molecule has 2 heterocycles. The first-order chi connectivity index (χ1) is 6.79. The molecule has 0 bridgehead atoms. The highest BCUT2D eigenvalue weighted by molar-refractivity contribution is 5.99. The van der Waals surface area contributed by atoms with Gasteiger partial charge in [-0.05, 0) is 25.8 Å². The summed E-state index contributed by atoms with van der Waals surface area (Å²) in [4.78, 5) is 24.4. The molecular formula is C9H15N3O2. The molecule has 2 rings (SSSR count). The fourth-order valence-corrected chi connectivity index (χ4v) is 1.99. The highest BCUT2D eigenvalue weighted by atomic mass is 16.2. The average molecular weight is 197 g/mol. The van der Waals surface area contributed by atoms with Gasteiger partial charge in [-0.15, -0.1) is 0 Å². The molecule has 2 amide bonds. The summed E-state index contributed by atoms with van der Waals surface area (Å²) in [7, 11) is 0. The van der Waals surface area contributed by atoms with Crippen molar-refractivity contribution in [3.05, 3.63) is 0 Å². The summed E-state index contributed by atoms with van der Waals surface area (Å²) in [5.74, 6) is -0.221. The molecule has 1 unspecified atom stereocenters. The van der Waals surface area contributed by atoms with Crippen LogP contribution in [0.3, 0.4) is 0 Å². The van der Waals surface area contributed by atoms with Gasteiger partial charge in [0.05, 0.1) is 19.3 Å². The maximum absolute atomic E-state index is 11.5. The normalized spacial score (nSPS) is 29.4. The van der Waals surface area contributed by atoms with Gasteiger partial charge >= 0.3 is 0 Å². The van der Waals surface area contributed by atoms with E-state index in [1.165, 1.54) is 4.90 Å². The Hall–Kier alpha value is -0.940. The van der Waals surface area contributed by atoms with Crippen LogP contribution in [-0.4, -0.2) is 42.5 Å². The van der Waals surface area contributed by atoms with Crippen molar-refractivity contribution in [3.63, 3.8) is 0 Å². The van der Waals surface area contributed by atoms with Crippen LogP contribution in [0.25, 0.3) is 0 Å². The molecule has 2 N–H and O–H groups in total. The number of amides is 2. The van der Waals surface area contributed by atoms with Crippen molar-refractivity contribution in [2.75, 3.05) is 19.6 Å². The van der Waals surface area contributed by atoms with Gasteiger partial charge in [-0.3, -0.25) is 25.1 Å². The largest absolute Gasteiger partial charge is 0.300 e. The summed E-state index contributed by atoms with van der Waals surface area (Å²) < 4.78 is 0. The maximum Gasteiger partial charge on any atom is 0.244 e. The molecule has 2 aliphatic rings. The van der Waals surface area contributed by atoms with Gasteiger partial charge in [0.25, 0.3) is 0 Å². The lowest BCUT2D eigenvalue weighted by atomic mass is 10.1. The van der Waals surface area contributed by atoms with E-state index in [4.69, 9.17) is 0 Å². The zero-order valence-corrected chi connectivity index (χ0v) is 8.08. The average Bonchev–Trinajstić information content (AvgIpc) is 2.19. The zero-order chi connectivity index (χ0) is 9.97. The Morgan fingerprint density at radius 1 is 1.14 bits per heavy atom. The van der Waals surface area contributed by atoms with E-state index in [9.17, 15) is 9.59 Å². The summed E-state index contributed by atoms with van der Waals surface area (Å²) in [5.41, 5.74) is 0. The number of nitrogens with one attached hydrogen (secondary N) is 2. The van der Waals surface area contributed by atoms with Crippen LogP contribution in [-0.2, 0) is 9.59 Å². The molecule has 0 radical (unpaired) electrons. The highest BCUT2D eigenvalue weighted by Gasteiger charge is 2.32. The first-order valence-electron chi connectivity index (χ1n) is 5.08. The Balaban J connectivity index is 2.05. The summed E-state index contributed by atoms with van der Waals surface area (Å²) in [6.45, 7) is 1.46. The van der Waals surface area contributed by atoms with E-state index in [1.54, 1.807) is 0 Å². The van der Waals surface area contributed by atoms with Crippen LogP contribution < -0.4 is 10.6 Å². The van der Waals surface area contributed by atoms with Crippen molar-refractivity contribution in [1.82, 2.24) is 15.5 Å². The molecule has 0 saturated carbocycles. The maximum atomic E-state index is 11.5. The summed E-state index contributed by atoms with van der Waals surface area (Å²) in [6, 6.07) is 0. The number of hydrogen-bond acceptors (Lipinski definition) is 4. The fourth-order valence-electron chi connectivity index (χ4n) is 1.99. The number of imide groups is 1. The molecule has 14 heavy (non-hydrogen) atoms. The third-order valence-corrected chi connectivity index (χ3v) is 2.69. The lowest BCUT2D eigenvalue weighted by Gasteiger charge is -2.35. The number of nitrogens with zero attached hydrogens (tertiary/aromatic N) is 1. The number of carbonyl (C=O) groups is 2. The van der Waals surface area contributed by atoms with Gasteiger partial charge in [0.2, 0.25) is 11.8 Å². The van der Waals surface area contributed by atoms with E-state index in [0.29, 0.717) is 0 Å². The van der Waals surface area contributed by atoms with Crippen molar-refractivity contribution in [2.45, 2.75) is 25.4 Å². The summed E-state index contributed by atoms with van der Waals surface area (Å²) in [6.07, 6.45) is 3.04. The van der Waals surface area contributed by atoms with Gasteiger partial charge in [-0.25, -0.2) is 0 Å². The van der Waals surface area contributed by atoms with E-state index in [-0.39, 0.29) is 31.1 Å². The van der Waals surface area contributed by atoms with Crippen LogP contribution >= 0.6 is 0 Å². The minimum absolute atomic E-state index is 0.0640. The monoisotopic (exact) mass is 197 g/mol. The minimum Gasteiger partial charge on any atom is -0.300 e. The molecule has 0 aromatic rings. The van der Waals surface area contributed by atoms with E-state index >= 15 is 0 Å². The molecule has 2 saturated heterocycles. The predicted molar refractivity (Wildman–Crippen MR) is 50.4 cm³/mol. The Morgan fingerprint density at radius 2 is 1.86 bits per heavy atom. The number of piperidine rings is 1.